The van der Waals surface area contributed by atoms with Crippen molar-refractivity contribution < 1.29 is 0 Å². The molecule has 0 bridgehead atoms. The molecule has 0 atom stereocenters. The van der Waals surface area contributed by atoms with Crippen LogP contribution < -0.4 is 5.32 Å². The van der Waals surface area contributed by atoms with Crippen LogP contribution in [0.3, 0.4) is 0 Å². The average molecular weight is 641 g/mol. The Bertz CT molecular complexity index is 2740. The summed E-state index contributed by atoms with van der Waals surface area (Å²) in [4.78, 5) is 5.15. The van der Waals surface area contributed by atoms with E-state index in [0.717, 1.165) is 40.6 Å². The lowest BCUT2D eigenvalue weighted by atomic mass is 10.0. The number of nitrogens with zero attached hydrogens (tertiary/aromatic N) is 3. The summed E-state index contributed by atoms with van der Waals surface area (Å²) in [6.45, 7) is 0.826. The molecule has 4 nitrogen and oxygen atoms in total. The van der Waals surface area contributed by atoms with Crippen molar-refractivity contribution in [1.82, 2.24) is 19.4 Å². The molecular weight excluding hydrogens is 609 g/mol. The van der Waals surface area contributed by atoms with Crippen LogP contribution in [0.2, 0.25) is 0 Å². The van der Waals surface area contributed by atoms with Crippen LogP contribution >= 0.6 is 0 Å². The highest BCUT2D eigenvalue weighted by atomic mass is 15.1. The summed E-state index contributed by atoms with van der Waals surface area (Å²) < 4.78 is 4.74. The van der Waals surface area contributed by atoms with E-state index < -0.39 is 0 Å². The number of pyridine rings is 1. The van der Waals surface area contributed by atoms with Crippen molar-refractivity contribution in [2.45, 2.75) is 0 Å². The maximum absolute atomic E-state index is 5.15. The molecule has 0 radical (unpaired) electrons. The van der Waals surface area contributed by atoms with E-state index in [2.05, 4.69) is 190 Å². The molecule has 3 aromatic heterocycles. The second kappa shape index (κ2) is 11.5. The number of hydrogen-bond acceptors (Lipinski definition) is 2. The van der Waals surface area contributed by atoms with Crippen LogP contribution in [0.4, 0.5) is 0 Å². The van der Waals surface area contributed by atoms with Gasteiger partial charge in [-0.3, -0.25) is 4.57 Å². The fourth-order valence-electron chi connectivity index (χ4n) is 7.60. The molecule has 1 aliphatic rings. The molecule has 9 aromatic rings. The summed E-state index contributed by atoms with van der Waals surface area (Å²) >= 11 is 0. The van der Waals surface area contributed by atoms with Gasteiger partial charge in [0.2, 0.25) is 0 Å². The number of benzene rings is 6. The summed E-state index contributed by atoms with van der Waals surface area (Å²) in [7, 11) is 0. The van der Waals surface area contributed by atoms with Crippen LogP contribution in [0.15, 0.2) is 176 Å². The smallest absolute Gasteiger partial charge is 0.111 e. The third kappa shape index (κ3) is 4.57. The van der Waals surface area contributed by atoms with Gasteiger partial charge in [-0.15, -0.1) is 0 Å². The third-order valence-electron chi connectivity index (χ3n) is 9.92. The summed E-state index contributed by atoms with van der Waals surface area (Å²) in [6.07, 6.45) is 6.42. The van der Waals surface area contributed by atoms with Gasteiger partial charge < -0.3 is 9.88 Å². The number of fused-ring (bicyclic) bond motifs is 6. The summed E-state index contributed by atoms with van der Waals surface area (Å²) in [5.41, 5.74) is 12.3. The minimum absolute atomic E-state index is 0.826. The predicted molar refractivity (Wildman–Crippen MR) is 209 cm³/mol. The molecule has 0 saturated carbocycles. The van der Waals surface area contributed by atoms with E-state index in [4.69, 9.17) is 4.98 Å². The lowest BCUT2D eigenvalue weighted by molar-refractivity contribution is 0.922. The molecule has 0 amide bonds. The second-order valence-electron chi connectivity index (χ2n) is 12.9. The molecule has 50 heavy (non-hydrogen) atoms. The van der Waals surface area contributed by atoms with Crippen molar-refractivity contribution in [3.05, 3.63) is 176 Å². The number of allylic oxidation sites excluding steroid dienone is 2. The van der Waals surface area contributed by atoms with Crippen LogP contribution in [-0.2, 0) is 0 Å². The van der Waals surface area contributed by atoms with Gasteiger partial charge in [-0.05, 0) is 65.7 Å². The van der Waals surface area contributed by atoms with Crippen molar-refractivity contribution in [2.75, 3.05) is 6.54 Å². The molecule has 1 aliphatic heterocycles. The van der Waals surface area contributed by atoms with Gasteiger partial charge >= 0.3 is 0 Å². The molecule has 6 aromatic carbocycles. The van der Waals surface area contributed by atoms with E-state index in [1.165, 1.54) is 54.7 Å². The summed E-state index contributed by atoms with van der Waals surface area (Å²) in [5.74, 6) is 1.10. The Balaban J connectivity index is 1.17. The van der Waals surface area contributed by atoms with E-state index in [9.17, 15) is 0 Å². The highest BCUT2D eigenvalue weighted by molar-refractivity contribution is 6.13. The molecule has 0 saturated heterocycles. The lowest BCUT2D eigenvalue weighted by Crippen LogP contribution is -2.19. The van der Waals surface area contributed by atoms with Crippen molar-refractivity contribution in [3.8, 4) is 39.3 Å². The summed E-state index contributed by atoms with van der Waals surface area (Å²) in [5, 5.41) is 8.51. The van der Waals surface area contributed by atoms with Gasteiger partial charge in [-0.25, -0.2) is 4.98 Å². The zero-order valence-corrected chi connectivity index (χ0v) is 27.3. The molecule has 0 unspecified atom stereocenters. The van der Waals surface area contributed by atoms with Gasteiger partial charge in [0, 0.05) is 39.2 Å². The van der Waals surface area contributed by atoms with Crippen molar-refractivity contribution >= 4 is 49.4 Å². The third-order valence-corrected chi connectivity index (χ3v) is 9.92. The molecule has 0 fully saturated rings. The molecule has 4 heterocycles. The van der Waals surface area contributed by atoms with Gasteiger partial charge in [0.05, 0.1) is 39.1 Å². The summed E-state index contributed by atoms with van der Waals surface area (Å²) in [6, 6.07) is 56.6. The largest absolute Gasteiger partial charge is 0.368 e. The van der Waals surface area contributed by atoms with Crippen molar-refractivity contribution in [3.63, 3.8) is 0 Å². The molecule has 10 rings (SSSR count). The van der Waals surface area contributed by atoms with Crippen molar-refractivity contribution in [1.29, 1.82) is 0 Å². The van der Waals surface area contributed by atoms with Crippen LogP contribution in [0, 0.1) is 0 Å². The molecular formula is C46H32N4. The molecule has 4 heteroatoms. The van der Waals surface area contributed by atoms with Gasteiger partial charge in [-0.1, -0.05) is 121 Å². The molecule has 0 aliphatic carbocycles. The van der Waals surface area contributed by atoms with Gasteiger partial charge in [0.15, 0.2) is 0 Å². The van der Waals surface area contributed by atoms with Gasteiger partial charge in [0.1, 0.15) is 5.82 Å². The normalized spacial score (nSPS) is 12.9. The highest BCUT2D eigenvalue weighted by Gasteiger charge is 2.18. The first-order valence-electron chi connectivity index (χ1n) is 17.1. The Hall–Kier alpha value is -6.65. The number of nitrogens with one attached hydrogen (secondary N) is 1. The highest BCUT2D eigenvalue weighted by Crippen LogP contribution is 2.39. The average Bonchev–Trinajstić information content (AvgIpc) is 3.71. The number of para-hydroxylation sites is 2. The zero-order chi connectivity index (χ0) is 33.0. The van der Waals surface area contributed by atoms with E-state index in [1.807, 2.05) is 0 Å². The van der Waals surface area contributed by atoms with E-state index in [-0.39, 0.29) is 0 Å². The number of rotatable bonds is 5. The van der Waals surface area contributed by atoms with E-state index in [1.54, 1.807) is 0 Å². The maximum Gasteiger partial charge on any atom is 0.111 e. The number of aromatic nitrogens is 3. The van der Waals surface area contributed by atoms with Crippen LogP contribution in [-0.4, -0.2) is 20.7 Å². The lowest BCUT2D eigenvalue weighted by Gasteiger charge is -2.16. The Kier molecular flexibility index (Phi) is 6.53. The number of dihydropyridines is 1. The van der Waals surface area contributed by atoms with Crippen LogP contribution in [0.1, 0.15) is 0 Å². The van der Waals surface area contributed by atoms with Crippen LogP contribution in [0.5, 0.6) is 0 Å². The fraction of sp³-hybridized carbons (Fsp3) is 0.0217. The first kappa shape index (κ1) is 28.4. The molecule has 0 spiro atoms. The molecule has 1 N–H and O–H groups in total. The van der Waals surface area contributed by atoms with Gasteiger partial charge in [-0.2, -0.15) is 0 Å². The first-order chi connectivity index (χ1) is 24.8. The minimum Gasteiger partial charge on any atom is -0.368 e. The monoisotopic (exact) mass is 640 g/mol. The Morgan fingerprint density at radius 2 is 0.940 bits per heavy atom. The number of hydrogen-bond donors (Lipinski definition) is 1. The van der Waals surface area contributed by atoms with Crippen molar-refractivity contribution in [2.24, 2.45) is 0 Å². The zero-order valence-electron chi connectivity index (χ0n) is 27.3. The minimum atomic E-state index is 0.826. The Morgan fingerprint density at radius 1 is 0.440 bits per heavy atom. The van der Waals surface area contributed by atoms with E-state index in [0.29, 0.717) is 0 Å². The standard InChI is InChI=1S/C46H32N4/c1-3-13-31(14-4-1)40-29-35(30-41(48-40)32-15-5-2-6-16-32)49-42-19-9-7-17-36(42)38-27-33(22-24-44(38)49)34-23-25-45-39(28-34)37-18-8-10-20-43(37)50(45)46-21-11-12-26-47-46/h1-25,27-30,47H,26H2. The molecule has 236 valence electrons. The second-order valence-corrected chi connectivity index (χ2v) is 12.9. The van der Waals surface area contributed by atoms with Gasteiger partial charge in [0.25, 0.3) is 0 Å². The van der Waals surface area contributed by atoms with Crippen LogP contribution in [0.25, 0.3) is 88.8 Å². The SMILES string of the molecule is C1=CCNC(n2c3ccccc3c3cc(-c4ccc5c(c4)c4ccccc4n5-c4cc(-c5ccccc5)nc(-c5ccccc5)c4)ccc32)=C1. The quantitative estimate of drug-likeness (QED) is 0.203. The maximum atomic E-state index is 5.15. The topological polar surface area (TPSA) is 34.8 Å². The first-order valence-corrected chi connectivity index (χ1v) is 17.1. The fourth-order valence-corrected chi connectivity index (χ4v) is 7.60. The Labute approximate surface area is 289 Å². The van der Waals surface area contributed by atoms with E-state index >= 15 is 0 Å². The predicted octanol–water partition coefficient (Wildman–Crippen LogP) is 11.2. The Morgan fingerprint density at radius 3 is 1.50 bits per heavy atom.